The first-order valence-corrected chi connectivity index (χ1v) is 6.81. The number of benzene rings is 1. The van der Waals surface area contributed by atoms with E-state index in [4.69, 9.17) is 21.3 Å². The van der Waals surface area contributed by atoms with Gasteiger partial charge in [-0.2, -0.15) is 8.42 Å². The van der Waals surface area contributed by atoms with E-state index >= 15 is 0 Å². The van der Waals surface area contributed by atoms with Gasteiger partial charge < -0.3 is 10.1 Å². The molecule has 0 radical (unpaired) electrons. The van der Waals surface area contributed by atoms with E-state index in [9.17, 15) is 26.8 Å². The molecule has 112 valence electrons. The first kappa shape index (κ1) is 15.4. The number of aromatic carboxylic acids is 1. The number of hydrogen-bond donors (Lipinski definition) is 3. The molecule has 0 amide bonds. The minimum atomic E-state index is -5.11. The molecule has 0 saturated heterocycles. The van der Waals surface area contributed by atoms with Crippen LogP contribution >= 0.6 is 11.6 Å². The fourth-order valence-corrected chi connectivity index (χ4v) is 2.94. The van der Waals surface area contributed by atoms with E-state index in [0.717, 1.165) is 0 Å². The summed E-state index contributed by atoms with van der Waals surface area (Å²) in [5.74, 6) is -5.46. The van der Waals surface area contributed by atoms with Crippen molar-refractivity contribution in [1.29, 1.82) is 0 Å². The molecule has 0 spiro atoms. The van der Waals surface area contributed by atoms with Crippen molar-refractivity contribution in [2.24, 2.45) is 0 Å². The molecule has 0 atom stereocenters. The summed E-state index contributed by atoms with van der Waals surface area (Å²) in [7, 11) is -5.11. The fourth-order valence-electron chi connectivity index (χ4n) is 1.74. The third-order valence-electron chi connectivity index (χ3n) is 2.60. The summed E-state index contributed by atoms with van der Waals surface area (Å²) in [6, 6.07) is 0. The van der Waals surface area contributed by atoms with Crippen molar-refractivity contribution >= 4 is 38.6 Å². The molecule has 3 N–H and O–H groups in total. The lowest BCUT2D eigenvalue weighted by atomic mass is 10.1. The van der Waals surface area contributed by atoms with Crippen LogP contribution in [-0.4, -0.2) is 29.0 Å². The van der Waals surface area contributed by atoms with E-state index in [-0.39, 0.29) is 0 Å². The van der Waals surface area contributed by atoms with Crippen molar-refractivity contribution in [2.75, 3.05) is 0 Å². The van der Waals surface area contributed by atoms with Crippen molar-refractivity contribution in [3.63, 3.8) is 0 Å². The molecule has 1 aromatic heterocycles. The summed E-state index contributed by atoms with van der Waals surface area (Å²) in [5.41, 5.74) is -3.24. The van der Waals surface area contributed by atoms with E-state index in [1.807, 2.05) is 4.98 Å². The zero-order valence-electron chi connectivity index (χ0n) is 9.65. The molecular formula is C10H4ClF2NO6S. The molecular weight excluding hydrogens is 336 g/mol. The number of rotatable bonds is 2. The van der Waals surface area contributed by atoms with Crippen LogP contribution in [0.15, 0.2) is 15.9 Å². The maximum absolute atomic E-state index is 13.8. The van der Waals surface area contributed by atoms with Gasteiger partial charge in [-0.3, -0.25) is 9.35 Å². The molecule has 2 aromatic rings. The molecule has 11 heteroatoms. The maximum atomic E-state index is 13.8. The Kier molecular flexibility index (Phi) is 3.48. The number of aromatic amines is 1. The van der Waals surface area contributed by atoms with Crippen LogP contribution in [0.25, 0.3) is 10.9 Å². The van der Waals surface area contributed by atoms with Crippen LogP contribution in [0.1, 0.15) is 10.4 Å². The molecule has 21 heavy (non-hydrogen) atoms. The average Bonchev–Trinajstić information content (AvgIpc) is 2.34. The molecule has 0 aliphatic rings. The van der Waals surface area contributed by atoms with Gasteiger partial charge in [0.15, 0.2) is 11.6 Å². The monoisotopic (exact) mass is 339 g/mol. The summed E-state index contributed by atoms with van der Waals surface area (Å²) in [5, 5.41) is 6.30. The van der Waals surface area contributed by atoms with Crippen LogP contribution in [0.3, 0.4) is 0 Å². The molecule has 2 rings (SSSR count). The Hall–Kier alpha value is -2.04. The van der Waals surface area contributed by atoms with Gasteiger partial charge in [0.1, 0.15) is 15.5 Å². The summed E-state index contributed by atoms with van der Waals surface area (Å²) in [4.78, 5) is 23.3. The summed E-state index contributed by atoms with van der Waals surface area (Å²) in [6.07, 6.45) is 0.579. The van der Waals surface area contributed by atoms with Gasteiger partial charge in [-0.1, -0.05) is 11.6 Å². The van der Waals surface area contributed by atoms with Gasteiger partial charge in [-0.25, -0.2) is 13.6 Å². The van der Waals surface area contributed by atoms with Crippen molar-refractivity contribution < 1.29 is 31.7 Å². The van der Waals surface area contributed by atoms with Gasteiger partial charge in [0.25, 0.3) is 10.1 Å². The van der Waals surface area contributed by atoms with Crippen molar-refractivity contribution in [2.45, 2.75) is 4.90 Å². The minimum Gasteiger partial charge on any atom is -0.477 e. The predicted octanol–water partition coefficient (Wildman–Crippen LogP) is 1.40. The molecule has 1 heterocycles. The number of pyridine rings is 1. The van der Waals surface area contributed by atoms with Crippen molar-refractivity contribution in [1.82, 2.24) is 4.98 Å². The standard InChI is InChI=1S/C10H4ClF2NO6S/c11-4-6(13)5(12)3-7(9(4)21(18,19)20)14-1-2(8(3)15)10(16)17/h1H,(H,14,15)(H,16,17)(H,18,19,20). The van der Waals surface area contributed by atoms with E-state index in [2.05, 4.69) is 0 Å². The summed E-state index contributed by atoms with van der Waals surface area (Å²) < 4.78 is 58.8. The highest BCUT2D eigenvalue weighted by Crippen LogP contribution is 2.32. The molecule has 1 aromatic carbocycles. The summed E-state index contributed by atoms with van der Waals surface area (Å²) in [6.45, 7) is 0. The molecule has 7 nitrogen and oxygen atoms in total. The molecule has 0 aliphatic heterocycles. The van der Waals surface area contributed by atoms with Gasteiger partial charge in [0.2, 0.25) is 5.43 Å². The largest absolute Gasteiger partial charge is 0.477 e. The number of aromatic nitrogens is 1. The lowest BCUT2D eigenvalue weighted by molar-refractivity contribution is 0.0695. The SMILES string of the molecule is O=C(O)c1c[nH]c2c(S(=O)(=O)O)c(Cl)c(F)c(F)c2c1=O. The molecule has 0 aliphatic carbocycles. The number of carbonyl (C=O) groups is 1. The fraction of sp³-hybridized carbons (Fsp3) is 0. The Labute approximate surface area is 119 Å². The number of halogens is 3. The number of carboxylic acids is 1. The second-order valence-corrected chi connectivity index (χ2v) is 5.57. The Morgan fingerprint density at radius 2 is 1.86 bits per heavy atom. The number of H-pyrrole nitrogens is 1. The lowest BCUT2D eigenvalue weighted by Crippen LogP contribution is -2.18. The van der Waals surface area contributed by atoms with Crippen LogP contribution < -0.4 is 5.43 Å². The third kappa shape index (κ3) is 2.26. The van der Waals surface area contributed by atoms with Gasteiger partial charge in [-0.05, 0) is 0 Å². The number of hydrogen-bond acceptors (Lipinski definition) is 4. The minimum absolute atomic E-state index is 0.579. The molecule has 0 saturated carbocycles. The Morgan fingerprint density at radius 3 is 2.33 bits per heavy atom. The number of fused-ring (bicyclic) bond motifs is 1. The highest BCUT2D eigenvalue weighted by atomic mass is 35.5. The predicted molar refractivity (Wildman–Crippen MR) is 66.3 cm³/mol. The van der Waals surface area contributed by atoms with E-state index < -0.39 is 59.5 Å². The van der Waals surface area contributed by atoms with Crippen LogP contribution in [0.2, 0.25) is 5.02 Å². The first-order valence-electron chi connectivity index (χ1n) is 5.00. The Balaban J connectivity index is 3.21. The topological polar surface area (TPSA) is 125 Å². The quantitative estimate of drug-likeness (QED) is 0.561. The van der Waals surface area contributed by atoms with Gasteiger partial charge in [-0.15, -0.1) is 0 Å². The van der Waals surface area contributed by atoms with E-state index in [1.54, 1.807) is 0 Å². The molecule has 0 bridgehead atoms. The number of carboxylic acid groups (broad SMARTS) is 1. The lowest BCUT2D eigenvalue weighted by Gasteiger charge is -2.09. The normalized spacial score (nSPS) is 11.8. The van der Waals surface area contributed by atoms with Crippen LogP contribution in [0.4, 0.5) is 8.78 Å². The van der Waals surface area contributed by atoms with Crippen molar-refractivity contribution in [3.8, 4) is 0 Å². The second kappa shape index (κ2) is 4.76. The molecule has 0 unspecified atom stereocenters. The Bertz CT molecular complexity index is 952. The highest BCUT2D eigenvalue weighted by molar-refractivity contribution is 7.86. The zero-order chi connectivity index (χ0) is 16.1. The van der Waals surface area contributed by atoms with E-state index in [1.165, 1.54) is 0 Å². The van der Waals surface area contributed by atoms with Gasteiger partial charge in [0.05, 0.1) is 10.9 Å². The highest BCUT2D eigenvalue weighted by Gasteiger charge is 2.29. The smallest absolute Gasteiger partial charge is 0.341 e. The zero-order valence-corrected chi connectivity index (χ0v) is 11.2. The first-order chi connectivity index (χ1) is 9.57. The third-order valence-corrected chi connectivity index (χ3v) is 3.99. The van der Waals surface area contributed by atoms with Crippen LogP contribution in [-0.2, 0) is 10.1 Å². The Morgan fingerprint density at radius 1 is 1.29 bits per heavy atom. The molecule has 0 fully saturated rings. The van der Waals surface area contributed by atoms with Crippen LogP contribution in [0, 0.1) is 11.6 Å². The number of nitrogens with one attached hydrogen (secondary N) is 1. The van der Waals surface area contributed by atoms with Gasteiger partial charge in [0, 0.05) is 6.20 Å². The van der Waals surface area contributed by atoms with E-state index in [0.29, 0.717) is 6.20 Å². The second-order valence-electron chi connectivity index (χ2n) is 3.83. The average molecular weight is 340 g/mol. The van der Waals surface area contributed by atoms with Gasteiger partial charge >= 0.3 is 5.97 Å². The van der Waals surface area contributed by atoms with Crippen molar-refractivity contribution in [3.05, 3.63) is 38.6 Å². The summed E-state index contributed by atoms with van der Waals surface area (Å²) >= 11 is 5.32. The maximum Gasteiger partial charge on any atom is 0.341 e. The van der Waals surface area contributed by atoms with Crippen LogP contribution in [0.5, 0.6) is 0 Å².